The van der Waals surface area contributed by atoms with E-state index in [-0.39, 0.29) is 17.9 Å². The van der Waals surface area contributed by atoms with Crippen molar-refractivity contribution in [3.05, 3.63) is 0 Å². The zero-order valence-electron chi connectivity index (χ0n) is 9.45. The SMILES string of the molecule is CNC1COCC1C(=O)NCC1CC1C. The molecule has 4 heteroatoms. The van der Waals surface area contributed by atoms with Crippen LogP contribution in [0.5, 0.6) is 0 Å². The van der Waals surface area contributed by atoms with Crippen LogP contribution in [0.15, 0.2) is 0 Å². The Morgan fingerprint density at radius 3 is 2.80 bits per heavy atom. The molecule has 2 fully saturated rings. The second-order valence-electron chi connectivity index (χ2n) is 4.76. The Balaban J connectivity index is 1.74. The van der Waals surface area contributed by atoms with E-state index in [9.17, 15) is 4.79 Å². The third-order valence-corrected chi connectivity index (χ3v) is 3.60. The van der Waals surface area contributed by atoms with Gasteiger partial charge in [0.2, 0.25) is 5.91 Å². The molecule has 0 aromatic heterocycles. The lowest BCUT2D eigenvalue weighted by Crippen LogP contribution is -2.43. The van der Waals surface area contributed by atoms with E-state index in [0.29, 0.717) is 19.1 Å². The van der Waals surface area contributed by atoms with Crippen LogP contribution in [0.25, 0.3) is 0 Å². The average Bonchev–Trinajstić information content (AvgIpc) is 2.78. The molecule has 86 valence electrons. The van der Waals surface area contributed by atoms with Crippen molar-refractivity contribution >= 4 is 5.91 Å². The van der Waals surface area contributed by atoms with Gasteiger partial charge in [0.05, 0.1) is 19.1 Å². The first kappa shape index (κ1) is 10.9. The topological polar surface area (TPSA) is 50.4 Å². The molecule has 4 nitrogen and oxygen atoms in total. The van der Waals surface area contributed by atoms with Gasteiger partial charge in [0.1, 0.15) is 0 Å². The van der Waals surface area contributed by atoms with E-state index in [1.165, 1.54) is 6.42 Å². The van der Waals surface area contributed by atoms with E-state index < -0.39 is 0 Å². The molecule has 1 saturated heterocycles. The van der Waals surface area contributed by atoms with Gasteiger partial charge in [-0.05, 0) is 25.3 Å². The zero-order chi connectivity index (χ0) is 10.8. The van der Waals surface area contributed by atoms with Crippen molar-refractivity contribution in [2.24, 2.45) is 17.8 Å². The van der Waals surface area contributed by atoms with Crippen LogP contribution < -0.4 is 10.6 Å². The number of amides is 1. The Kier molecular flexibility index (Phi) is 3.26. The number of ether oxygens (including phenoxy) is 1. The lowest BCUT2D eigenvalue weighted by atomic mass is 10.0. The third-order valence-electron chi connectivity index (χ3n) is 3.60. The third kappa shape index (κ3) is 2.49. The lowest BCUT2D eigenvalue weighted by Gasteiger charge is -2.16. The Hall–Kier alpha value is -0.610. The summed E-state index contributed by atoms with van der Waals surface area (Å²) >= 11 is 0. The van der Waals surface area contributed by atoms with E-state index >= 15 is 0 Å². The minimum absolute atomic E-state index is 0.0101. The van der Waals surface area contributed by atoms with Crippen molar-refractivity contribution in [1.29, 1.82) is 0 Å². The summed E-state index contributed by atoms with van der Waals surface area (Å²) in [6.45, 7) is 4.27. The molecule has 1 heterocycles. The van der Waals surface area contributed by atoms with Crippen LogP contribution in [0, 0.1) is 17.8 Å². The first-order valence-electron chi connectivity index (χ1n) is 5.75. The number of hydrogen-bond donors (Lipinski definition) is 2. The summed E-state index contributed by atoms with van der Waals surface area (Å²) in [6, 6.07) is 0.182. The molecule has 2 N–H and O–H groups in total. The highest BCUT2D eigenvalue weighted by atomic mass is 16.5. The Morgan fingerprint density at radius 1 is 1.47 bits per heavy atom. The van der Waals surface area contributed by atoms with Gasteiger partial charge in [-0.3, -0.25) is 4.79 Å². The molecular formula is C11H20N2O2. The second-order valence-corrected chi connectivity index (χ2v) is 4.76. The lowest BCUT2D eigenvalue weighted by molar-refractivity contribution is -0.125. The summed E-state index contributed by atoms with van der Waals surface area (Å²) in [6.07, 6.45) is 1.26. The van der Waals surface area contributed by atoms with E-state index in [2.05, 4.69) is 17.6 Å². The van der Waals surface area contributed by atoms with Gasteiger partial charge in [0.25, 0.3) is 0 Å². The second kappa shape index (κ2) is 4.49. The molecule has 0 aromatic rings. The molecule has 4 unspecified atom stereocenters. The molecule has 1 aliphatic carbocycles. The number of likely N-dealkylation sites (N-methyl/N-ethyl adjacent to an activating group) is 1. The highest BCUT2D eigenvalue weighted by molar-refractivity contribution is 5.79. The Bertz CT molecular complexity index is 245. The zero-order valence-corrected chi connectivity index (χ0v) is 9.45. The molecule has 0 spiro atoms. The van der Waals surface area contributed by atoms with Gasteiger partial charge in [-0.2, -0.15) is 0 Å². The maximum atomic E-state index is 11.8. The standard InChI is InChI=1S/C11H20N2O2/c1-7-3-8(7)4-13-11(14)9-5-15-6-10(9)12-2/h7-10,12H,3-6H2,1-2H3,(H,13,14). The summed E-state index contributed by atoms with van der Waals surface area (Å²) in [7, 11) is 1.88. The van der Waals surface area contributed by atoms with Crippen molar-refractivity contribution < 1.29 is 9.53 Å². The number of carbonyl (C=O) groups is 1. The van der Waals surface area contributed by atoms with Gasteiger partial charge in [-0.15, -0.1) is 0 Å². The van der Waals surface area contributed by atoms with Crippen LogP contribution in [-0.2, 0) is 9.53 Å². The predicted octanol–water partition coefficient (Wildman–Crippen LogP) is -0.00700. The molecule has 15 heavy (non-hydrogen) atoms. The summed E-state index contributed by atoms with van der Waals surface area (Å²) in [4.78, 5) is 11.8. The smallest absolute Gasteiger partial charge is 0.227 e. The van der Waals surface area contributed by atoms with Crippen molar-refractivity contribution in [2.45, 2.75) is 19.4 Å². The van der Waals surface area contributed by atoms with Gasteiger partial charge >= 0.3 is 0 Å². The summed E-state index contributed by atoms with van der Waals surface area (Å²) in [5.41, 5.74) is 0. The van der Waals surface area contributed by atoms with Gasteiger partial charge in [0, 0.05) is 12.6 Å². The maximum Gasteiger partial charge on any atom is 0.227 e. The highest BCUT2D eigenvalue weighted by Gasteiger charge is 2.36. The first-order valence-corrected chi connectivity index (χ1v) is 5.75. The van der Waals surface area contributed by atoms with Crippen LogP contribution >= 0.6 is 0 Å². The Labute approximate surface area is 90.8 Å². The van der Waals surface area contributed by atoms with Crippen molar-refractivity contribution in [1.82, 2.24) is 10.6 Å². The van der Waals surface area contributed by atoms with Crippen molar-refractivity contribution in [2.75, 3.05) is 26.8 Å². The molecule has 0 bridgehead atoms. The van der Waals surface area contributed by atoms with E-state index in [4.69, 9.17) is 4.74 Å². The largest absolute Gasteiger partial charge is 0.379 e. The first-order chi connectivity index (χ1) is 7.22. The molecule has 2 rings (SSSR count). The molecule has 0 aromatic carbocycles. The van der Waals surface area contributed by atoms with E-state index in [1.54, 1.807) is 0 Å². The minimum atomic E-state index is -0.0101. The quantitative estimate of drug-likeness (QED) is 0.689. The fourth-order valence-corrected chi connectivity index (χ4v) is 2.14. The monoisotopic (exact) mass is 212 g/mol. The van der Waals surface area contributed by atoms with Gasteiger partial charge in [0.15, 0.2) is 0 Å². The van der Waals surface area contributed by atoms with Crippen LogP contribution in [0.1, 0.15) is 13.3 Å². The van der Waals surface area contributed by atoms with Crippen LogP contribution in [0.3, 0.4) is 0 Å². The highest BCUT2D eigenvalue weighted by Crippen LogP contribution is 2.36. The minimum Gasteiger partial charge on any atom is -0.379 e. The number of hydrogen-bond acceptors (Lipinski definition) is 3. The summed E-state index contributed by atoms with van der Waals surface area (Å²) < 4.78 is 5.30. The van der Waals surface area contributed by atoms with Crippen LogP contribution in [0.4, 0.5) is 0 Å². The number of nitrogens with one attached hydrogen (secondary N) is 2. The molecule has 2 aliphatic rings. The average molecular weight is 212 g/mol. The van der Waals surface area contributed by atoms with Crippen LogP contribution in [0.2, 0.25) is 0 Å². The molecule has 1 aliphatic heterocycles. The van der Waals surface area contributed by atoms with Crippen molar-refractivity contribution in [3.63, 3.8) is 0 Å². The predicted molar refractivity (Wildman–Crippen MR) is 57.4 cm³/mol. The molecule has 0 radical (unpaired) electrons. The molecule has 1 amide bonds. The fourth-order valence-electron chi connectivity index (χ4n) is 2.14. The van der Waals surface area contributed by atoms with E-state index in [0.717, 1.165) is 12.5 Å². The van der Waals surface area contributed by atoms with Gasteiger partial charge in [-0.1, -0.05) is 6.92 Å². The molecular weight excluding hydrogens is 192 g/mol. The summed E-state index contributed by atoms with van der Waals surface area (Å²) in [5, 5.41) is 6.14. The van der Waals surface area contributed by atoms with Gasteiger partial charge in [-0.25, -0.2) is 0 Å². The maximum absolute atomic E-state index is 11.8. The van der Waals surface area contributed by atoms with Crippen LogP contribution in [-0.4, -0.2) is 38.8 Å². The normalized spacial score (nSPS) is 39.1. The number of carbonyl (C=O) groups excluding carboxylic acids is 1. The van der Waals surface area contributed by atoms with Gasteiger partial charge < -0.3 is 15.4 Å². The fraction of sp³-hybridized carbons (Fsp3) is 0.909. The Morgan fingerprint density at radius 2 is 2.20 bits per heavy atom. The van der Waals surface area contributed by atoms with E-state index in [1.807, 2.05) is 7.05 Å². The molecule has 1 saturated carbocycles. The number of rotatable bonds is 4. The summed E-state index contributed by atoms with van der Waals surface area (Å²) in [5.74, 6) is 1.64. The molecule has 4 atom stereocenters. The van der Waals surface area contributed by atoms with Crippen molar-refractivity contribution in [3.8, 4) is 0 Å².